The Morgan fingerprint density at radius 1 is 0.789 bits per heavy atom. The summed E-state index contributed by atoms with van der Waals surface area (Å²) in [4.78, 5) is 48.0. The number of benzene rings is 3. The van der Waals surface area contributed by atoms with E-state index in [1.165, 1.54) is 20.8 Å². The molecule has 1 aliphatic rings. The summed E-state index contributed by atoms with van der Waals surface area (Å²) in [5.74, 6) is -1.72. The first-order valence-corrected chi connectivity index (χ1v) is 11.9. The quantitative estimate of drug-likeness (QED) is 0.327. The molecular weight excluding hydrogens is 492 g/mol. The third-order valence-corrected chi connectivity index (χ3v) is 5.75. The van der Waals surface area contributed by atoms with Crippen LogP contribution in [0.3, 0.4) is 0 Å². The van der Waals surface area contributed by atoms with Crippen LogP contribution >= 0.6 is 0 Å². The van der Waals surface area contributed by atoms with E-state index in [1.807, 2.05) is 0 Å². The van der Waals surface area contributed by atoms with Gasteiger partial charge in [0.2, 0.25) is 6.10 Å². The number of esters is 4. The third-order valence-electron chi connectivity index (χ3n) is 5.75. The van der Waals surface area contributed by atoms with Gasteiger partial charge in [-0.2, -0.15) is 0 Å². The van der Waals surface area contributed by atoms with Gasteiger partial charge in [0, 0.05) is 38.0 Å². The van der Waals surface area contributed by atoms with Crippen molar-refractivity contribution in [2.75, 3.05) is 6.61 Å². The van der Waals surface area contributed by atoms with Crippen molar-refractivity contribution in [1.82, 2.24) is 0 Å². The molecule has 3 atom stereocenters. The van der Waals surface area contributed by atoms with Gasteiger partial charge in [0.25, 0.3) is 0 Å². The van der Waals surface area contributed by atoms with Crippen LogP contribution in [-0.2, 0) is 28.7 Å². The maximum absolute atomic E-state index is 13.5. The molecule has 38 heavy (non-hydrogen) atoms. The summed E-state index contributed by atoms with van der Waals surface area (Å²) in [5.41, 5.74) is 1.77. The normalized spacial score (nSPS) is 16.7. The van der Waals surface area contributed by atoms with Crippen LogP contribution in [-0.4, -0.2) is 30.5 Å². The van der Waals surface area contributed by atoms with Gasteiger partial charge >= 0.3 is 23.9 Å². The second-order valence-corrected chi connectivity index (χ2v) is 8.63. The van der Waals surface area contributed by atoms with Gasteiger partial charge in [0.05, 0.1) is 12.5 Å². The predicted molar refractivity (Wildman–Crippen MR) is 134 cm³/mol. The van der Waals surface area contributed by atoms with Gasteiger partial charge in [-0.15, -0.1) is 0 Å². The monoisotopic (exact) mass is 518 g/mol. The molecule has 1 aliphatic heterocycles. The number of carbonyl (C=O) groups excluding carboxylic acids is 4. The molecule has 9 nitrogen and oxygen atoms in total. The van der Waals surface area contributed by atoms with Gasteiger partial charge in [-0.05, 0) is 29.8 Å². The predicted octanol–water partition coefficient (Wildman–Crippen LogP) is 4.60. The average molecular weight is 519 g/mol. The highest BCUT2D eigenvalue weighted by molar-refractivity contribution is 5.80. The fourth-order valence-electron chi connectivity index (χ4n) is 4.19. The minimum atomic E-state index is -1.27. The summed E-state index contributed by atoms with van der Waals surface area (Å²) in [6.45, 7) is 3.95. The van der Waals surface area contributed by atoms with E-state index < -0.39 is 42.0 Å². The van der Waals surface area contributed by atoms with Gasteiger partial charge in [-0.1, -0.05) is 42.5 Å². The maximum Gasteiger partial charge on any atom is 0.352 e. The van der Waals surface area contributed by atoms with E-state index in [9.17, 15) is 19.2 Å². The lowest BCUT2D eigenvalue weighted by Crippen LogP contribution is -2.30. The van der Waals surface area contributed by atoms with Crippen molar-refractivity contribution in [1.29, 1.82) is 0 Å². The van der Waals surface area contributed by atoms with Gasteiger partial charge in [-0.25, -0.2) is 4.79 Å². The Labute approximate surface area is 219 Å². The lowest BCUT2D eigenvalue weighted by molar-refractivity contribution is -0.173. The van der Waals surface area contributed by atoms with Crippen molar-refractivity contribution in [3.05, 3.63) is 89.5 Å². The van der Waals surface area contributed by atoms with Crippen LogP contribution in [0, 0.1) is 0 Å². The van der Waals surface area contributed by atoms with Gasteiger partial charge in [-0.3, -0.25) is 14.4 Å². The first-order valence-electron chi connectivity index (χ1n) is 11.9. The van der Waals surface area contributed by atoms with Crippen LogP contribution in [0.5, 0.6) is 17.2 Å². The number of fused-ring (bicyclic) bond motifs is 1. The Bertz CT molecular complexity index is 1330. The Kier molecular flexibility index (Phi) is 8.06. The summed E-state index contributed by atoms with van der Waals surface area (Å²) < 4.78 is 27.6. The molecule has 0 saturated carbocycles. The fourth-order valence-corrected chi connectivity index (χ4v) is 4.19. The number of carbonyl (C=O) groups is 4. The molecule has 196 valence electrons. The number of hydrogen-bond donors (Lipinski definition) is 0. The fraction of sp³-hybridized carbons (Fsp3) is 0.241. The molecule has 4 rings (SSSR count). The average Bonchev–Trinajstić information content (AvgIpc) is 2.87. The molecule has 9 heteroatoms. The summed E-state index contributed by atoms with van der Waals surface area (Å²) >= 11 is 0. The summed E-state index contributed by atoms with van der Waals surface area (Å²) in [5, 5.41) is 0. The Balaban J connectivity index is 1.70. The van der Waals surface area contributed by atoms with E-state index >= 15 is 0 Å². The summed E-state index contributed by atoms with van der Waals surface area (Å²) in [7, 11) is 0. The van der Waals surface area contributed by atoms with E-state index in [-0.39, 0.29) is 12.4 Å². The van der Waals surface area contributed by atoms with Gasteiger partial charge in [0.15, 0.2) is 0 Å². The van der Waals surface area contributed by atoms with E-state index in [4.69, 9.17) is 23.7 Å². The van der Waals surface area contributed by atoms with E-state index in [2.05, 4.69) is 0 Å². The minimum absolute atomic E-state index is 0.130. The molecule has 3 aromatic carbocycles. The van der Waals surface area contributed by atoms with Gasteiger partial charge in [0.1, 0.15) is 23.4 Å². The maximum atomic E-state index is 13.5. The Hall–Kier alpha value is -4.66. The molecule has 3 aromatic rings. The Morgan fingerprint density at radius 2 is 1.42 bits per heavy atom. The lowest BCUT2D eigenvalue weighted by Gasteiger charge is -2.34. The van der Waals surface area contributed by atoms with Crippen LogP contribution in [0.15, 0.2) is 72.8 Å². The zero-order chi connectivity index (χ0) is 27.2. The highest BCUT2D eigenvalue weighted by Crippen LogP contribution is 2.45. The molecule has 0 N–H and O–H groups in total. The first-order chi connectivity index (χ1) is 18.2. The lowest BCUT2D eigenvalue weighted by atomic mass is 9.87. The topological polar surface area (TPSA) is 114 Å². The zero-order valence-electron chi connectivity index (χ0n) is 21.0. The van der Waals surface area contributed by atoms with Crippen LogP contribution in [0.1, 0.15) is 55.6 Å². The molecule has 0 spiro atoms. The Morgan fingerprint density at radius 3 is 2.05 bits per heavy atom. The van der Waals surface area contributed by atoms with Crippen LogP contribution in [0.4, 0.5) is 0 Å². The van der Waals surface area contributed by atoms with Crippen molar-refractivity contribution < 1.29 is 42.9 Å². The van der Waals surface area contributed by atoms with Crippen LogP contribution in [0.2, 0.25) is 0 Å². The highest BCUT2D eigenvalue weighted by atomic mass is 16.6. The largest absolute Gasteiger partial charge is 0.492 e. The van der Waals surface area contributed by atoms with Crippen molar-refractivity contribution in [2.45, 2.75) is 38.9 Å². The van der Waals surface area contributed by atoms with E-state index in [0.717, 1.165) is 5.56 Å². The van der Waals surface area contributed by atoms with Crippen molar-refractivity contribution in [3.63, 3.8) is 0 Å². The molecule has 2 unspecified atom stereocenters. The van der Waals surface area contributed by atoms with Crippen molar-refractivity contribution in [2.24, 2.45) is 0 Å². The van der Waals surface area contributed by atoms with Crippen LogP contribution in [0.25, 0.3) is 0 Å². The summed E-state index contributed by atoms with van der Waals surface area (Å²) in [6, 6.07) is 20.2. The van der Waals surface area contributed by atoms with Crippen molar-refractivity contribution >= 4 is 23.9 Å². The van der Waals surface area contributed by atoms with E-state index in [0.29, 0.717) is 22.6 Å². The first kappa shape index (κ1) is 26.4. The second kappa shape index (κ2) is 11.6. The standard InChI is InChI=1S/C29H26O9/c1-17(30)35-22-11-9-20(10-12-22)25-16-34-26-15-23(36-18(2)31)13-14-24(26)28(25)38-29(33)27(37-19(3)32)21-7-5-4-6-8-21/h4-15,25,27-28H,16H2,1-3H3/t25?,27-,28?/m0/s1. The summed E-state index contributed by atoms with van der Waals surface area (Å²) in [6.07, 6.45) is -2.11. The third kappa shape index (κ3) is 6.36. The minimum Gasteiger partial charge on any atom is -0.492 e. The number of ether oxygens (including phenoxy) is 5. The molecule has 1 heterocycles. The van der Waals surface area contributed by atoms with Crippen LogP contribution < -0.4 is 14.2 Å². The number of hydrogen-bond acceptors (Lipinski definition) is 9. The van der Waals surface area contributed by atoms with E-state index in [1.54, 1.807) is 72.8 Å². The molecule has 0 bridgehead atoms. The molecule has 0 aliphatic carbocycles. The number of rotatable bonds is 7. The second-order valence-electron chi connectivity index (χ2n) is 8.63. The molecule has 0 saturated heterocycles. The molecule has 0 radical (unpaired) electrons. The smallest absolute Gasteiger partial charge is 0.352 e. The van der Waals surface area contributed by atoms with Gasteiger partial charge < -0.3 is 23.7 Å². The zero-order valence-corrected chi connectivity index (χ0v) is 21.0. The molecule has 0 aromatic heterocycles. The molecule has 0 fully saturated rings. The molecular formula is C29H26O9. The SMILES string of the molecule is CC(=O)Oc1ccc(C2COc3cc(OC(C)=O)ccc3C2OC(=O)[C@@H](OC(C)=O)c2ccccc2)cc1. The highest BCUT2D eigenvalue weighted by Gasteiger charge is 2.38. The molecule has 0 amide bonds. The van der Waals surface area contributed by atoms with Crippen molar-refractivity contribution in [3.8, 4) is 17.2 Å².